The van der Waals surface area contributed by atoms with Gasteiger partial charge in [0.1, 0.15) is 6.04 Å². The zero-order valence-electron chi connectivity index (χ0n) is 8.77. The molecule has 16 heavy (non-hydrogen) atoms. The topological polar surface area (TPSA) is 156 Å². The summed E-state index contributed by atoms with van der Waals surface area (Å²) in [5.41, 5.74) is 8.30. The van der Waals surface area contributed by atoms with Crippen molar-refractivity contribution in [2.75, 3.05) is 0 Å². The SMILES string of the molecule is C[C@@](N)(N[C@@H](CCC(N)=O)C(=O)O)C(=O)O. The molecule has 0 saturated carbocycles. The van der Waals surface area contributed by atoms with Crippen LogP contribution < -0.4 is 16.8 Å². The van der Waals surface area contributed by atoms with Crippen LogP contribution in [0.1, 0.15) is 19.8 Å². The van der Waals surface area contributed by atoms with Crippen molar-refractivity contribution in [3.8, 4) is 0 Å². The van der Waals surface area contributed by atoms with Gasteiger partial charge in [-0.2, -0.15) is 0 Å². The molecule has 0 fully saturated rings. The van der Waals surface area contributed by atoms with Gasteiger partial charge in [0.25, 0.3) is 0 Å². The highest BCUT2D eigenvalue weighted by Crippen LogP contribution is 2.03. The van der Waals surface area contributed by atoms with E-state index in [2.05, 4.69) is 5.32 Å². The Hall–Kier alpha value is -1.67. The Bertz CT molecular complexity index is 302. The van der Waals surface area contributed by atoms with E-state index in [9.17, 15) is 14.4 Å². The van der Waals surface area contributed by atoms with E-state index in [0.717, 1.165) is 6.92 Å². The van der Waals surface area contributed by atoms with Crippen LogP contribution in [0.5, 0.6) is 0 Å². The first-order valence-electron chi connectivity index (χ1n) is 4.48. The van der Waals surface area contributed by atoms with Crippen LogP contribution in [0, 0.1) is 0 Å². The minimum atomic E-state index is -1.87. The van der Waals surface area contributed by atoms with Crippen LogP contribution in [0.4, 0.5) is 0 Å². The smallest absolute Gasteiger partial charge is 0.338 e. The van der Waals surface area contributed by atoms with E-state index in [1.165, 1.54) is 0 Å². The molecule has 0 aliphatic carbocycles. The molecular weight excluding hydrogens is 218 g/mol. The fourth-order valence-electron chi connectivity index (χ4n) is 0.968. The van der Waals surface area contributed by atoms with Crippen LogP contribution in [0.15, 0.2) is 0 Å². The molecule has 0 aliphatic rings. The van der Waals surface area contributed by atoms with Gasteiger partial charge in [0.2, 0.25) is 5.91 Å². The number of rotatable bonds is 7. The summed E-state index contributed by atoms with van der Waals surface area (Å²) in [6.45, 7) is 1.12. The summed E-state index contributed by atoms with van der Waals surface area (Å²) in [6.07, 6.45) is -0.287. The van der Waals surface area contributed by atoms with Gasteiger partial charge in [-0.25, -0.2) is 4.79 Å². The van der Waals surface area contributed by atoms with Crippen LogP contribution in [0.25, 0.3) is 0 Å². The standard InChI is InChI=1S/C8H15N3O5/c1-8(10,7(15)16)11-4(6(13)14)2-3-5(9)12/h4,11H,2-3,10H2,1H3,(H2,9,12)(H,13,14)(H,15,16)/t4-,8+/m0/s1. The molecule has 0 unspecified atom stereocenters. The van der Waals surface area contributed by atoms with Crippen LogP contribution in [-0.2, 0) is 14.4 Å². The maximum atomic E-state index is 10.7. The number of aliphatic carboxylic acids is 2. The molecule has 8 nitrogen and oxygen atoms in total. The third-order valence-electron chi connectivity index (χ3n) is 1.90. The quantitative estimate of drug-likeness (QED) is 0.320. The van der Waals surface area contributed by atoms with Crippen molar-refractivity contribution >= 4 is 17.8 Å². The Labute approximate surface area is 91.6 Å². The molecule has 0 aromatic rings. The molecule has 0 saturated heterocycles. The summed E-state index contributed by atoms with van der Waals surface area (Å²) in [5.74, 6) is -3.35. The fraction of sp³-hybridized carbons (Fsp3) is 0.625. The minimum absolute atomic E-state index is 0.120. The number of carbonyl (C=O) groups excluding carboxylic acids is 1. The molecule has 1 amide bonds. The van der Waals surface area contributed by atoms with Gasteiger partial charge >= 0.3 is 11.9 Å². The fourth-order valence-corrected chi connectivity index (χ4v) is 0.968. The molecule has 0 radical (unpaired) electrons. The van der Waals surface area contributed by atoms with Crippen LogP contribution >= 0.6 is 0 Å². The monoisotopic (exact) mass is 233 g/mol. The summed E-state index contributed by atoms with van der Waals surface area (Å²) in [5, 5.41) is 19.7. The predicted molar refractivity (Wildman–Crippen MR) is 53.2 cm³/mol. The Kier molecular flexibility index (Phi) is 4.86. The van der Waals surface area contributed by atoms with Gasteiger partial charge in [-0.1, -0.05) is 0 Å². The summed E-state index contributed by atoms with van der Waals surface area (Å²) in [6, 6.07) is -1.24. The number of nitrogens with one attached hydrogen (secondary N) is 1. The largest absolute Gasteiger partial charge is 0.480 e. The van der Waals surface area contributed by atoms with Gasteiger partial charge in [0.05, 0.1) is 0 Å². The molecular formula is C8H15N3O5. The highest BCUT2D eigenvalue weighted by atomic mass is 16.4. The normalized spacial score (nSPS) is 16.1. The van der Waals surface area contributed by atoms with Crippen LogP contribution in [-0.4, -0.2) is 39.8 Å². The summed E-state index contributed by atoms with van der Waals surface area (Å²) >= 11 is 0. The molecule has 0 rings (SSSR count). The van der Waals surface area contributed by atoms with Gasteiger partial charge < -0.3 is 21.7 Å². The predicted octanol–water partition coefficient (Wildman–Crippen LogP) is -1.95. The second kappa shape index (κ2) is 5.42. The van der Waals surface area contributed by atoms with E-state index in [-0.39, 0.29) is 12.8 Å². The Morgan fingerprint density at radius 2 is 1.88 bits per heavy atom. The van der Waals surface area contributed by atoms with Crippen molar-refractivity contribution in [1.29, 1.82) is 0 Å². The molecule has 2 atom stereocenters. The first-order valence-corrected chi connectivity index (χ1v) is 4.48. The number of primary amides is 1. The first kappa shape index (κ1) is 14.3. The van der Waals surface area contributed by atoms with E-state index in [1.54, 1.807) is 0 Å². The van der Waals surface area contributed by atoms with Crippen molar-refractivity contribution in [2.24, 2.45) is 11.5 Å². The number of carboxylic acid groups (broad SMARTS) is 2. The lowest BCUT2D eigenvalue weighted by Crippen LogP contribution is -2.62. The van der Waals surface area contributed by atoms with E-state index >= 15 is 0 Å². The molecule has 7 N–H and O–H groups in total. The maximum absolute atomic E-state index is 10.7. The Balaban J connectivity index is 4.51. The lowest BCUT2D eigenvalue weighted by atomic mass is 10.1. The van der Waals surface area contributed by atoms with Gasteiger partial charge in [-0.3, -0.25) is 14.9 Å². The molecule has 0 heterocycles. The zero-order valence-corrected chi connectivity index (χ0v) is 8.77. The van der Waals surface area contributed by atoms with Crippen molar-refractivity contribution in [2.45, 2.75) is 31.5 Å². The van der Waals surface area contributed by atoms with Gasteiger partial charge in [0.15, 0.2) is 5.66 Å². The Morgan fingerprint density at radius 1 is 1.38 bits per heavy atom. The molecule has 0 spiro atoms. The average Bonchev–Trinajstić information content (AvgIpc) is 2.11. The van der Waals surface area contributed by atoms with Crippen molar-refractivity contribution in [3.63, 3.8) is 0 Å². The molecule has 0 aromatic heterocycles. The lowest BCUT2D eigenvalue weighted by molar-refractivity contribution is -0.146. The van der Waals surface area contributed by atoms with Gasteiger partial charge in [-0.15, -0.1) is 0 Å². The van der Waals surface area contributed by atoms with E-state index in [0.29, 0.717) is 0 Å². The number of hydrogen-bond acceptors (Lipinski definition) is 5. The third-order valence-corrected chi connectivity index (χ3v) is 1.90. The number of amides is 1. The van der Waals surface area contributed by atoms with Crippen LogP contribution in [0.3, 0.4) is 0 Å². The first-order chi connectivity index (χ1) is 7.16. The molecule has 0 bridgehead atoms. The number of hydrogen-bond donors (Lipinski definition) is 5. The van der Waals surface area contributed by atoms with Crippen molar-refractivity contribution in [3.05, 3.63) is 0 Å². The zero-order chi connectivity index (χ0) is 12.9. The van der Waals surface area contributed by atoms with E-state index in [1.807, 2.05) is 0 Å². The van der Waals surface area contributed by atoms with E-state index < -0.39 is 29.6 Å². The van der Waals surface area contributed by atoms with Crippen molar-refractivity contribution < 1.29 is 24.6 Å². The van der Waals surface area contributed by atoms with Crippen molar-refractivity contribution in [1.82, 2.24) is 5.32 Å². The summed E-state index contributed by atoms with van der Waals surface area (Å²) in [4.78, 5) is 31.9. The molecule has 0 aromatic carbocycles. The number of carboxylic acids is 2. The maximum Gasteiger partial charge on any atom is 0.338 e. The van der Waals surface area contributed by atoms with Gasteiger partial charge in [0, 0.05) is 6.42 Å². The highest BCUT2D eigenvalue weighted by molar-refractivity contribution is 5.80. The molecule has 0 aliphatic heterocycles. The lowest BCUT2D eigenvalue weighted by Gasteiger charge is -2.25. The minimum Gasteiger partial charge on any atom is -0.480 e. The molecule has 8 heteroatoms. The summed E-state index contributed by atoms with van der Waals surface area (Å²) in [7, 11) is 0. The highest BCUT2D eigenvalue weighted by Gasteiger charge is 2.33. The number of carbonyl (C=O) groups is 3. The van der Waals surface area contributed by atoms with Crippen LogP contribution in [0.2, 0.25) is 0 Å². The molecule has 92 valence electrons. The third kappa shape index (κ3) is 4.71. The van der Waals surface area contributed by atoms with E-state index in [4.69, 9.17) is 21.7 Å². The summed E-state index contributed by atoms with van der Waals surface area (Å²) < 4.78 is 0. The second-order valence-corrected chi connectivity index (χ2v) is 3.55. The average molecular weight is 233 g/mol. The second-order valence-electron chi connectivity index (χ2n) is 3.55. The Morgan fingerprint density at radius 3 is 2.19 bits per heavy atom. The van der Waals surface area contributed by atoms with Gasteiger partial charge in [-0.05, 0) is 13.3 Å². The number of nitrogens with two attached hydrogens (primary N) is 2.